The topological polar surface area (TPSA) is 97.0 Å². The lowest BCUT2D eigenvalue weighted by molar-refractivity contribution is -0.118. The van der Waals surface area contributed by atoms with Gasteiger partial charge in [-0.25, -0.2) is 4.79 Å². The van der Waals surface area contributed by atoms with Gasteiger partial charge in [-0.3, -0.25) is 9.59 Å². The molecule has 8 nitrogen and oxygen atoms in total. The van der Waals surface area contributed by atoms with E-state index in [1.54, 1.807) is 30.0 Å². The third kappa shape index (κ3) is 3.84. The van der Waals surface area contributed by atoms with E-state index in [0.717, 1.165) is 0 Å². The van der Waals surface area contributed by atoms with Gasteiger partial charge in [0.25, 0.3) is 11.8 Å². The predicted octanol–water partition coefficient (Wildman–Crippen LogP) is 1.37. The molecule has 2 aliphatic rings. The van der Waals surface area contributed by atoms with E-state index in [4.69, 9.17) is 9.47 Å². The zero-order chi connectivity index (χ0) is 17.8. The number of hydrogen-bond donors (Lipinski definition) is 2. The van der Waals surface area contributed by atoms with Crippen LogP contribution >= 0.6 is 0 Å². The quantitative estimate of drug-likeness (QED) is 0.861. The summed E-state index contributed by atoms with van der Waals surface area (Å²) in [5, 5.41) is 5.66. The fourth-order valence-electron chi connectivity index (χ4n) is 2.97. The Morgan fingerprint density at radius 2 is 2.12 bits per heavy atom. The third-order valence-electron chi connectivity index (χ3n) is 4.25. The maximum absolute atomic E-state index is 12.6. The molecule has 0 aliphatic carbocycles. The van der Waals surface area contributed by atoms with E-state index in [2.05, 4.69) is 10.6 Å². The van der Waals surface area contributed by atoms with Gasteiger partial charge in [0.05, 0.1) is 17.9 Å². The number of fused-ring (bicyclic) bond motifs is 1. The highest BCUT2D eigenvalue weighted by atomic mass is 16.6. The lowest BCUT2D eigenvalue weighted by Crippen LogP contribution is -2.46. The van der Waals surface area contributed by atoms with Gasteiger partial charge >= 0.3 is 6.09 Å². The number of likely N-dealkylation sites (tertiary alicyclic amines) is 1. The molecular formula is C17H21N3O5. The zero-order valence-corrected chi connectivity index (χ0v) is 14.0. The van der Waals surface area contributed by atoms with Gasteiger partial charge in [-0.2, -0.15) is 0 Å². The summed E-state index contributed by atoms with van der Waals surface area (Å²) in [4.78, 5) is 37.5. The number of para-hydroxylation sites is 1. The van der Waals surface area contributed by atoms with Crippen LogP contribution in [0.5, 0.6) is 5.75 Å². The Morgan fingerprint density at radius 1 is 1.36 bits per heavy atom. The first-order chi connectivity index (χ1) is 12.1. The molecule has 0 bridgehead atoms. The van der Waals surface area contributed by atoms with Gasteiger partial charge in [0.1, 0.15) is 5.75 Å². The molecule has 2 aliphatic heterocycles. The summed E-state index contributed by atoms with van der Waals surface area (Å²) in [5.74, 6) is -0.0582. The number of carbonyl (C=O) groups excluding carboxylic acids is 3. The van der Waals surface area contributed by atoms with Crippen LogP contribution in [0.25, 0.3) is 0 Å². The molecule has 0 saturated carbocycles. The molecule has 3 rings (SSSR count). The number of amides is 3. The molecule has 1 aromatic carbocycles. The molecule has 0 spiro atoms. The Labute approximate surface area is 145 Å². The normalized spacial score (nSPS) is 17.2. The first kappa shape index (κ1) is 17.1. The average molecular weight is 347 g/mol. The van der Waals surface area contributed by atoms with Crippen LogP contribution in [0.2, 0.25) is 0 Å². The second kappa shape index (κ2) is 7.42. The summed E-state index contributed by atoms with van der Waals surface area (Å²) in [6, 6.07) is 5.05. The number of nitrogens with zero attached hydrogens (tertiary/aromatic N) is 1. The van der Waals surface area contributed by atoms with Crippen molar-refractivity contribution < 1.29 is 23.9 Å². The minimum Gasteiger partial charge on any atom is -0.482 e. The highest BCUT2D eigenvalue weighted by Gasteiger charge is 2.27. The predicted molar refractivity (Wildman–Crippen MR) is 89.6 cm³/mol. The van der Waals surface area contributed by atoms with Gasteiger partial charge in [-0.15, -0.1) is 0 Å². The lowest BCUT2D eigenvalue weighted by Gasteiger charge is -2.31. The molecule has 2 heterocycles. The average Bonchev–Trinajstić information content (AvgIpc) is 2.62. The van der Waals surface area contributed by atoms with Crippen LogP contribution in [0.3, 0.4) is 0 Å². The molecule has 134 valence electrons. The fraction of sp³-hybridized carbons (Fsp3) is 0.471. The van der Waals surface area contributed by atoms with Crippen LogP contribution in [0.15, 0.2) is 18.2 Å². The van der Waals surface area contributed by atoms with E-state index in [9.17, 15) is 14.4 Å². The zero-order valence-electron chi connectivity index (χ0n) is 14.0. The highest BCUT2D eigenvalue weighted by molar-refractivity contribution is 6.06. The van der Waals surface area contributed by atoms with Crippen LogP contribution in [0, 0.1) is 0 Å². The van der Waals surface area contributed by atoms with Crippen LogP contribution in [0.1, 0.15) is 30.1 Å². The number of rotatable bonds is 3. The van der Waals surface area contributed by atoms with Crippen LogP contribution < -0.4 is 15.4 Å². The van der Waals surface area contributed by atoms with Gasteiger partial charge in [0.15, 0.2) is 6.61 Å². The van der Waals surface area contributed by atoms with Crippen LogP contribution in [0.4, 0.5) is 10.5 Å². The molecule has 8 heteroatoms. The van der Waals surface area contributed by atoms with Crippen molar-refractivity contribution in [3.8, 4) is 5.75 Å². The monoisotopic (exact) mass is 347 g/mol. The van der Waals surface area contributed by atoms with E-state index < -0.39 is 0 Å². The largest absolute Gasteiger partial charge is 0.482 e. The Bertz CT molecular complexity index is 683. The van der Waals surface area contributed by atoms with Crippen molar-refractivity contribution in [1.29, 1.82) is 0 Å². The molecule has 3 amide bonds. The minimum absolute atomic E-state index is 0.0331. The van der Waals surface area contributed by atoms with Crippen molar-refractivity contribution >= 4 is 23.6 Å². The number of nitrogens with one attached hydrogen (secondary N) is 2. The van der Waals surface area contributed by atoms with Gasteiger partial charge in [-0.1, -0.05) is 6.07 Å². The molecular weight excluding hydrogens is 326 g/mol. The smallest absolute Gasteiger partial charge is 0.409 e. The van der Waals surface area contributed by atoms with E-state index >= 15 is 0 Å². The van der Waals surface area contributed by atoms with Crippen molar-refractivity contribution in [3.63, 3.8) is 0 Å². The van der Waals surface area contributed by atoms with Crippen molar-refractivity contribution in [2.24, 2.45) is 0 Å². The molecule has 0 atom stereocenters. The summed E-state index contributed by atoms with van der Waals surface area (Å²) < 4.78 is 10.3. The van der Waals surface area contributed by atoms with Gasteiger partial charge < -0.3 is 25.0 Å². The van der Waals surface area contributed by atoms with Crippen molar-refractivity contribution in [2.45, 2.75) is 25.8 Å². The summed E-state index contributed by atoms with van der Waals surface area (Å²) in [6.45, 7) is 3.15. The van der Waals surface area contributed by atoms with E-state index in [0.29, 0.717) is 49.5 Å². The number of piperidine rings is 1. The molecule has 1 fully saturated rings. The van der Waals surface area contributed by atoms with Gasteiger partial charge in [0, 0.05) is 19.1 Å². The Balaban J connectivity index is 1.61. The molecule has 0 radical (unpaired) electrons. The molecule has 1 saturated heterocycles. The minimum atomic E-state index is -0.315. The Kier molecular flexibility index (Phi) is 5.06. The molecule has 25 heavy (non-hydrogen) atoms. The van der Waals surface area contributed by atoms with Gasteiger partial charge in [-0.05, 0) is 31.9 Å². The summed E-state index contributed by atoms with van der Waals surface area (Å²) in [5.41, 5.74) is 0.776. The van der Waals surface area contributed by atoms with Gasteiger partial charge in [0.2, 0.25) is 0 Å². The Morgan fingerprint density at radius 3 is 2.84 bits per heavy atom. The van der Waals surface area contributed by atoms with E-state index in [1.165, 1.54) is 0 Å². The molecule has 0 aromatic heterocycles. The Hall–Kier alpha value is -2.77. The van der Waals surface area contributed by atoms with Crippen molar-refractivity contribution in [2.75, 3.05) is 31.6 Å². The second-order valence-electron chi connectivity index (χ2n) is 5.95. The van der Waals surface area contributed by atoms with Crippen molar-refractivity contribution in [3.05, 3.63) is 23.8 Å². The number of benzene rings is 1. The third-order valence-corrected chi connectivity index (χ3v) is 4.25. The lowest BCUT2D eigenvalue weighted by atomic mass is 10.0. The summed E-state index contributed by atoms with van der Waals surface area (Å²) >= 11 is 0. The number of carbonyl (C=O) groups is 3. The number of anilines is 1. The maximum Gasteiger partial charge on any atom is 0.409 e. The van der Waals surface area contributed by atoms with Crippen LogP contribution in [-0.4, -0.2) is 55.2 Å². The standard InChI is InChI=1S/C17H21N3O5/c1-2-24-17(23)20-8-6-11(7-9-20)18-16(22)12-4-3-5-13-15(12)19-14(21)10-25-13/h3-5,11H,2,6-10H2,1H3,(H,18,22)(H,19,21). The summed E-state index contributed by atoms with van der Waals surface area (Å²) in [7, 11) is 0. The highest BCUT2D eigenvalue weighted by Crippen LogP contribution is 2.31. The fourth-order valence-corrected chi connectivity index (χ4v) is 2.97. The number of hydrogen-bond acceptors (Lipinski definition) is 5. The molecule has 0 unspecified atom stereocenters. The SMILES string of the molecule is CCOC(=O)N1CCC(NC(=O)c2cccc3c2NC(=O)CO3)CC1. The van der Waals surface area contributed by atoms with Crippen LogP contribution in [-0.2, 0) is 9.53 Å². The first-order valence-electron chi connectivity index (χ1n) is 8.36. The number of ether oxygens (including phenoxy) is 2. The van der Waals surface area contributed by atoms with Crippen molar-refractivity contribution in [1.82, 2.24) is 10.2 Å². The van der Waals surface area contributed by atoms with E-state index in [-0.39, 0.29) is 30.6 Å². The second-order valence-corrected chi connectivity index (χ2v) is 5.95. The van der Waals surface area contributed by atoms with E-state index in [1.807, 2.05) is 0 Å². The maximum atomic E-state index is 12.6. The first-order valence-corrected chi connectivity index (χ1v) is 8.36. The summed E-state index contributed by atoms with van der Waals surface area (Å²) in [6.07, 6.45) is 0.995. The molecule has 2 N–H and O–H groups in total. The molecule has 1 aromatic rings.